The van der Waals surface area contributed by atoms with Crippen LogP contribution in [0.25, 0.3) is 0 Å². The Hall–Kier alpha value is -0.810. The van der Waals surface area contributed by atoms with Crippen LogP contribution in [-0.2, 0) is 6.61 Å². The van der Waals surface area contributed by atoms with E-state index in [9.17, 15) is 9.90 Å². The molecule has 3 N–H and O–H groups in total. The Bertz CT molecular complexity index is 456. The Balaban J connectivity index is 0.00000324. The third-order valence-corrected chi connectivity index (χ3v) is 2.70. The average Bonchev–Trinajstić information content (AvgIpc) is 2.28. The Kier molecular flexibility index (Phi) is 6.80. The van der Waals surface area contributed by atoms with E-state index in [1.165, 1.54) is 12.1 Å². The Morgan fingerprint density at radius 3 is 2.42 bits per heavy atom. The molecule has 0 atom stereocenters. The fraction of sp³-hybridized carbons (Fsp3) is 0.462. The molecule has 19 heavy (non-hydrogen) atoms. The largest absolute Gasteiger partial charge is 0.506 e. The molecule has 0 heterocycles. The van der Waals surface area contributed by atoms with Crippen LogP contribution in [0.2, 0.25) is 5.02 Å². The number of nitrogens with one attached hydrogen (secondary N) is 1. The van der Waals surface area contributed by atoms with Gasteiger partial charge in [-0.2, -0.15) is 0 Å². The van der Waals surface area contributed by atoms with Crippen LogP contribution in [0.1, 0.15) is 36.7 Å². The molecule has 1 rings (SSSR count). The lowest BCUT2D eigenvalue weighted by atomic mass is 10.0. The van der Waals surface area contributed by atoms with E-state index in [1.807, 2.05) is 20.8 Å². The predicted octanol–water partition coefficient (Wildman–Crippen LogP) is 2.53. The third-order valence-electron chi connectivity index (χ3n) is 2.41. The van der Waals surface area contributed by atoms with Gasteiger partial charge in [0.1, 0.15) is 5.75 Å². The molecule has 6 heteroatoms. The van der Waals surface area contributed by atoms with Crippen LogP contribution in [0.15, 0.2) is 12.1 Å². The molecule has 0 unspecified atom stereocenters. The summed E-state index contributed by atoms with van der Waals surface area (Å²) in [5.74, 6) is -0.318. The molecule has 0 saturated heterocycles. The molecule has 1 aromatic rings. The van der Waals surface area contributed by atoms with Crippen LogP contribution in [0, 0.1) is 0 Å². The van der Waals surface area contributed by atoms with Gasteiger partial charge in [-0.3, -0.25) is 4.79 Å². The molecule has 0 aromatic heterocycles. The second-order valence-electron chi connectivity index (χ2n) is 5.15. The Morgan fingerprint density at radius 1 is 1.37 bits per heavy atom. The van der Waals surface area contributed by atoms with Crippen molar-refractivity contribution in [3.8, 4) is 5.75 Å². The van der Waals surface area contributed by atoms with Gasteiger partial charge in [0.05, 0.1) is 18.2 Å². The number of hydrogen-bond acceptors (Lipinski definition) is 4. The molecule has 1 aromatic carbocycles. The molecule has 0 radical (unpaired) electrons. The second kappa shape index (κ2) is 7.10. The minimum Gasteiger partial charge on any atom is -0.506 e. The number of rotatable bonds is 4. The summed E-state index contributed by atoms with van der Waals surface area (Å²) in [6, 6.07) is 2.86. The highest BCUT2D eigenvalue weighted by molar-refractivity contribution is 6.32. The summed E-state index contributed by atoms with van der Waals surface area (Å²) in [4.78, 5) is 11.9. The van der Waals surface area contributed by atoms with Crippen molar-refractivity contribution in [3.05, 3.63) is 28.3 Å². The highest BCUT2D eigenvalue weighted by Gasteiger charge is 2.15. The summed E-state index contributed by atoms with van der Waals surface area (Å²) >= 11 is 5.80. The molecule has 0 bridgehead atoms. The maximum Gasteiger partial charge on any atom is 0.176 e. The first-order chi connectivity index (χ1) is 8.24. The first-order valence-corrected chi connectivity index (χ1v) is 6.03. The van der Waals surface area contributed by atoms with Crippen LogP contribution in [0.4, 0.5) is 0 Å². The van der Waals surface area contributed by atoms with Gasteiger partial charge >= 0.3 is 0 Å². The lowest BCUT2D eigenvalue weighted by Crippen LogP contribution is -2.39. The zero-order valence-corrected chi connectivity index (χ0v) is 12.7. The predicted molar refractivity (Wildman–Crippen MR) is 78.4 cm³/mol. The van der Waals surface area contributed by atoms with Crippen LogP contribution in [-0.4, -0.2) is 28.1 Å². The van der Waals surface area contributed by atoms with Gasteiger partial charge in [-0.25, -0.2) is 0 Å². The van der Waals surface area contributed by atoms with Crippen LogP contribution < -0.4 is 5.32 Å². The first kappa shape index (κ1) is 18.2. The normalized spacial score (nSPS) is 11.0. The van der Waals surface area contributed by atoms with Crippen molar-refractivity contribution in [1.82, 2.24) is 5.32 Å². The van der Waals surface area contributed by atoms with Gasteiger partial charge < -0.3 is 15.5 Å². The zero-order chi connectivity index (χ0) is 13.9. The standard InChI is InChI=1S/C13H18ClNO3.ClH/c1-13(2,3)15-6-11(17)8-4-9(7-16)12(18)10(14)5-8;/h4-5,15-16,18H,6-7H2,1-3H3;1H. The number of phenols is 1. The van der Waals surface area contributed by atoms with Gasteiger partial charge in [0.15, 0.2) is 5.78 Å². The van der Waals surface area contributed by atoms with Crippen molar-refractivity contribution in [1.29, 1.82) is 0 Å². The quantitative estimate of drug-likeness (QED) is 0.748. The maximum absolute atomic E-state index is 11.9. The molecule has 0 aliphatic heterocycles. The van der Waals surface area contributed by atoms with Crippen LogP contribution in [0.3, 0.4) is 0 Å². The van der Waals surface area contributed by atoms with E-state index >= 15 is 0 Å². The van der Waals surface area contributed by atoms with Crippen molar-refractivity contribution >= 4 is 29.8 Å². The number of halogens is 2. The smallest absolute Gasteiger partial charge is 0.176 e. The number of carbonyl (C=O) groups excluding carboxylic acids is 1. The topological polar surface area (TPSA) is 69.6 Å². The van der Waals surface area contributed by atoms with E-state index in [0.717, 1.165) is 0 Å². The summed E-state index contributed by atoms with van der Waals surface area (Å²) < 4.78 is 0. The van der Waals surface area contributed by atoms with Gasteiger partial charge in [-0.15, -0.1) is 12.4 Å². The fourth-order valence-corrected chi connectivity index (χ4v) is 1.62. The fourth-order valence-electron chi connectivity index (χ4n) is 1.39. The highest BCUT2D eigenvalue weighted by Crippen LogP contribution is 2.29. The lowest BCUT2D eigenvalue weighted by molar-refractivity contribution is 0.0982. The molecule has 0 aliphatic rings. The molecule has 0 saturated carbocycles. The van der Waals surface area contributed by atoms with Crippen molar-refractivity contribution in [2.45, 2.75) is 32.9 Å². The number of aliphatic hydroxyl groups excluding tert-OH is 1. The molecule has 0 aliphatic carbocycles. The van der Waals surface area contributed by atoms with E-state index in [4.69, 9.17) is 16.7 Å². The van der Waals surface area contributed by atoms with E-state index in [0.29, 0.717) is 5.56 Å². The Morgan fingerprint density at radius 2 is 1.95 bits per heavy atom. The van der Waals surface area contributed by atoms with Crippen LogP contribution >= 0.6 is 24.0 Å². The minimum absolute atomic E-state index is 0. The first-order valence-electron chi connectivity index (χ1n) is 5.65. The molecule has 108 valence electrons. The molecular weight excluding hydrogens is 289 g/mol. The molecule has 0 amide bonds. The third kappa shape index (κ3) is 5.37. The average molecular weight is 308 g/mol. The van der Waals surface area contributed by atoms with Crippen molar-refractivity contribution in [2.75, 3.05) is 6.54 Å². The zero-order valence-electron chi connectivity index (χ0n) is 11.2. The number of Topliss-reactive ketones (excluding diaryl/α,β-unsaturated/α-hetero) is 1. The number of hydrogen-bond donors (Lipinski definition) is 3. The van der Waals surface area contributed by atoms with Crippen LogP contribution in [0.5, 0.6) is 5.75 Å². The van der Waals surface area contributed by atoms with Gasteiger partial charge in [-0.1, -0.05) is 11.6 Å². The summed E-state index contributed by atoms with van der Waals surface area (Å²) in [6.45, 7) is 5.70. The van der Waals surface area contributed by atoms with Crippen molar-refractivity contribution in [3.63, 3.8) is 0 Å². The lowest BCUT2D eigenvalue weighted by Gasteiger charge is -2.20. The number of aliphatic hydroxyl groups is 1. The monoisotopic (exact) mass is 307 g/mol. The van der Waals surface area contributed by atoms with Gasteiger partial charge in [-0.05, 0) is 32.9 Å². The summed E-state index contributed by atoms with van der Waals surface area (Å²) in [7, 11) is 0. The second-order valence-corrected chi connectivity index (χ2v) is 5.56. The van der Waals surface area contributed by atoms with Crippen molar-refractivity contribution in [2.24, 2.45) is 0 Å². The summed E-state index contributed by atoms with van der Waals surface area (Å²) in [5, 5.41) is 21.8. The molecule has 0 spiro atoms. The molecule has 4 nitrogen and oxygen atoms in total. The molecular formula is C13H19Cl2NO3. The summed E-state index contributed by atoms with van der Waals surface area (Å²) in [6.07, 6.45) is 0. The van der Waals surface area contributed by atoms with E-state index in [1.54, 1.807) is 0 Å². The number of benzene rings is 1. The van der Waals surface area contributed by atoms with Gasteiger partial charge in [0.2, 0.25) is 0 Å². The van der Waals surface area contributed by atoms with E-state index < -0.39 is 0 Å². The maximum atomic E-state index is 11.9. The summed E-state index contributed by atoms with van der Waals surface area (Å²) in [5.41, 5.74) is 0.469. The number of ketones is 1. The number of aromatic hydroxyl groups is 1. The van der Waals surface area contributed by atoms with E-state index in [2.05, 4.69) is 5.32 Å². The van der Waals surface area contributed by atoms with Gasteiger partial charge in [0, 0.05) is 16.7 Å². The Labute approximate surface area is 124 Å². The molecule has 0 fully saturated rings. The minimum atomic E-state index is -0.362. The van der Waals surface area contributed by atoms with Crippen molar-refractivity contribution < 1.29 is 15.0 Å². The highest BCUT2D eigenvalue weighted by atomic mass is 35.5. The van der Waals surface area contributed by atoms with Gasteiger partial charge in [0.25, 0.3) is 0 Å². The SMILES string of the molecule is CC(C)(C)NCC(=O)c1cc(Cl)c(O)c(CO)c1.Cl. The van der Waals surface area contributed by atoms with E-state index in [-0.39, 0.29) is 53.2 Å². The number of carbonyl (C=O) groups is 1.